The topological polar surface area (TPSA) is 82.1 Å². The Morgan fingerprint density at radius 3 is 2.80 bits per heavy atom. The average molecular weight is 213 g/mol. The fraction of sp³-hybridized carbons (Fsp3) is 0.900. The summed E-state index contributed by atoms with van der Waals surface area (Å²) >= 11 is 0. The van der Waals surface area contributed by atoms with Crippen LogP contribution >= 0.6 is 0 Å². The molecule has 4 N–H and O–H groups in total. The van der Waals surface area contributed by atoms with Gasteiger partial charge in [0.2, 0.25) is 0 Å². The smallest absolute Gasteiger partial charge is 0.156 e. The summed E-state index contributed by atoms with van der Waals surface area (Å²) in [5.41, 5.74) is 5.58. The molecule has 1 heterocycles. The summed E-state index contributed by atoms with van der Waals surface area (Å²) in [5, 5.41) is 21.4. The van der Waals surface area contributed by atoms with Crippen LogP contribution in [0.3, 0.4) is 0 Å². The van der Waals surface area contributed by atoms with Gasteiger partial charge in [0.05, 0.1) is 12.1 Å². The van der Waals surface area contributed by atoms with Crippen LogP contribution in [0, 0.1) is 11.8 Å². The zero-order valence-electron chi connectivity index (χ0n) is 9.00. The molecule has 15 heavy (non-hydrogen) atoms. The number of aliphatic hydroxyl groups is 1. The van der Waals surface area contributed by atoms with E-state index in [1.54, 1.807) is 0 Å². The molecule has 5 heteroatoms. The molecule has 5 nitrogen and oxygen atoms in total. The number of nitrogens with two attached hydrogens (primary N) is 1. The van der Waals surface area contributed by atoms with Gasteiger partial charge < -0.3 is 16.0 Å². The third kappa shape index (κ3) is 1.81. The van der Waals surface area contributed by atoms with E-state index in [-0.39, 0.29) is 18.0 Å². The Kier molecular flexibility index (Phi) is 2.84. The molecule has 0 aromatic rings. The Bertz CT molecular complexity index is 269. The molecular weight excluding hydrogens is 194 g/mol. The maximum Gasteiger partial charge on any atom is 0.156 e. The van der Waals surface area contributed by atoms with Crippen molar-refractivity contribution in [2.24, 2.45) is 22.7 Å². The lowest BCUT2D eigenvalue weighted by atomic mass is 10.00. The second kappa shape index (κ2) is 3.98. The minimum absolute atomic E-state index is 0.0344. The first-order valence-corrected chi connectivity index (χ1v) is 5.53. The number of fused-ring (bicyclic) bond motifs is 1. The molecule has 86 valence electrons. The molecule has 0 aromatic heterocycles. The zero-order chi connectivity index (χ0) is 11.0. The summed E-state index contributed by atoms with van der Waals surface area (Å²) < 4.78 is 0. The fourth-order valence-electron chi connectivity index (χ4n) is 2.86. The van der Waals surface area contributed by atoms with E-state index in [0.29, 0.717) is 11.8 Å². The molecule has 0 amide bonds. The molecule has 0 radical (unpaired) electrons. The van der Waals surface area contributed by atoms with Gasteiger partial charge in [0.15, 0.2) is 5.84 Å². The molecule has 0 bridgehead atoms. The van der Waals surface area contributed by atoms with Crippen molar-refractivity contribution < 1.29 is 10.3 Å². The molecule has 4 unspecified atom stereocenters. The van der Waals surface area contributed by atoms with Crippen molar-refractivity contribution in [2.45, 2.75) is 31.9 Å². The van der Waals surface area contributed by atoms with Crippen LogP contribution < -0.4 is 5.73 Å². The first-order valence-electron chi connectivity index (χ1n) is 5.53. The Hall–Kier alpha value is -0.810. The predicted molar refractivity (Wildman–Crippen MR) is 56.7 cm³/mol. The van der Waals surface area contributed by atoms with Crippen LogP contribution in [-0.2, 0) is 0 Å². The summed E-state index contributed by atoms with van der Waals surface area (Å²) in [5.74, 6) is 1.23. The summed E-state index contributed by atoms with van der Waals surface area (Å²) in [4.78, 5) is 2.19. The molecule has 2 aliphatic rings. The highest BCUT2D eigenvalue weighted by molar-refractivity contribution is 5.84. The lowest BCUT2D eigenvalue weighted by Gasteiger charge is -2.24. The Labute approximate surface area is 89.5 Å². The Balaban J connectivity index is 1.99. The van der Waals surface area contributed by atoms with Gasteiger partial charge in [-0.3, -0.25) is 4.90 Å². The minimum atomic E-state index is -0.153. The number of amidine groups is 1. The summed E-state index contributed by atoms with van der Waals surface area (Å²) in [6.07, 6.45) is 1.88. The highest BCUT2D eigenvalue weighted by Crippen LogP contribution is 2.38. The van der Waals surface area contributed by atoms with Crippen LogP contribution in [0.4, 0.5) is 0 Å². The molecule has 1 saturated heterocycles. The summed E-state index contributed by atoms with van der Waals surface area (Å²) in [7, 11) is 0. The van der Waals surface area contributed by atoms with E-state index in [9.17, 15) is 5.11 Å². The van der Waals surface area contributed by atoms with Crippen LogP contribution in [0.15, 0.2) is 5.16 Å². The molecule has 0 aromatic carbocycles. The third-order valence-electron chi connectivity index (χ3n) is 3.94. The van der Waals surface area contributed by atoms with Gasteiger partial charge in [0.1, 0.15) is 0 Å². The molecule has 2 fully saturated rings. The van der Waals surface area contributed by atoms with E-state index >= 15 is 0 Å². The number of nitrogens with zero attached hydrogens (tertiary/aromatic N) is 2. The van der Waals surface area contributed by atoms with Crippen LogP contribution in [0.25, 0.3) is 0 Å². The van der Waals surface area contributed by atoms with Crippen molar-refractivity contribution in [3.63, 3.8) is 0 Å². The predicted octanol–water partition coefficient (Wildman–Crippen LogP) is -0.176. The van der Waals surface area contributed by atoms with Gasteiger partial charge in [-0.05, 0) is 25.7 Å². The molecule has 0 spiro atoms. The highest BCUT2D eigenvalue weighted by atomic mass is 16.4. The molecular formula is C10H19N3O2. The largest absolute Gasteiger partial charge is 0.409 e. The number of aliphatic hydroxyl groups excluding tert-OH is 1. The molecule has 1 saturated carbocycles. The van der Waals surface area contributed by atoms with Crippen molar-refractivity contribution in [3.8, 4) is 0 Å². The van der Waals surface area contributed by atoms with Crippen LogP contribution in [0.2, 0.25) is 0 Å². The minimum Gasteiger partial charge on any atom is -0.409 e. The van der Waals surface area contributed by atoms with Gasteiger partial charge in [-0.2, -0.15) is 0 Å². The van der Waals surface area contributed by atoms with E-state index in [2.05, 4.69) is 10.1 Å². The van der Waals surface area contributed by atoms with Crippen molar-refractivity contribution in [3.05, 3.63) is 0 Å². The second-order valence-electron chi connectivity index (χ2n) is 4.72. The lowest BCUT2D eigenvalue weighted by molar-refractivity contribution is 0.122. The summed E-state index contributed by atoms with van der Waals surface area (Å²) in [6, 6.07) is -0.0344. The van der Waals surface area contributed by atoms with Gasteiger partial charge in [0.25, 0.3) is 0 Å². The van der Waals surface area contributed by atoms with Crippen molar-refractivity contribution in [1.82, 2.24) is 4.90 Å². The van der Waals surface area contributed by atoms with E-state index in [1.165, 1.54) is 0 Å². The van der Waals surface area contributed by atoms with E-state index < -0.39 is 0 Å². The quantitative estimate of drug-likeness (QED) is 0.257. The van der Waals surface area contributed by atoms with Gasteiger partial charge in [0, 0.05) is 19.0 Å². The van der Waals surface area contributed by atoms with E-state index in [0.717, 1.165) is 25.9 Å². The van der Waals surface area contributed by atoms with Crippen LogP contribution in [0.5, 0.6) is 0 Å². The van der Waals surface area contributed by atoms with Crippen molar-refractivity contribution >= 4 is 5.84 Å². The monoisotopic (exact) mass is 213 g/mol. The van der Waals surface area contributed by atoms with Gasteiger partial charge in [-0.15, -0.1) is 0 Å². The van der Waals surface area contributed by atoms with Crippen molar-refractivity contribution in [2.75, 3.05) is 13.1 Å². The standard InChI is InChI=1S/C10H19N3O2/c1-6(10(11)12-15)13-4-7-2-3-9(14)8(7)5-13/h6-9,14-15H,2-5H2,1H3,(H2,11,12). The van der Waals surface area contributed by atoms with Crippen LogP contribution in [-0.4, -0.2) is 46.3 Å². The molecule has 4 atom stereocenters. The number of hydrogen-bond donors (Lipinski definition) is 3. The maximum atomic E-state index is 9.76. The molecule has 1 aliphatic heterocycles. The number of oxime groups is 1. The van der Waals surface area contributed by atoms with Crippen LogP contribution in [0.1, 0.15) is 19.8 Å². The number of hydrogen-bond acceptors (Lipinski definition) is 4. The third-order valence-corrected chi connectivity index (χ3v) is 3.94. The maximum absolute atomic E-state index is 9.76. The number of likely N-dealkylation sites (tertiary alicyclic amines) is 1. The van der Waals surface area contributed by atoms with Gasteiger partial charge in [-0.25, -0.2) is 0 Å². The first-order chi connectivity index (χ1) is 7.13. The summed E-state index contributed by atoms with van der Waals surface area (Å²) in [6.45, 7) is 3.75. The molecule has 2 rings (SSSR count). The molecule has 1 aliphatic carbocycles. The zero-order valence-corrected chi connectivity index (χ0v) is 9.00. The first kappa shape index (κ1) is 10.7. The highest BCUT2D eigenvalue weighted by Gasteiger charge is 2.43. The normalized spacial score (nSPS) is 39.3. The number of rotatable bonds is 2. The SMILES string of the molecule is CC(C(N)=NO)N1CC2CCC(O)C2C1. The van der Waals surface area contributed by atoms with Gasteiger partial charge in [-0.1, -0.05) is 5.16 Å². The van der Waals surface area contributed by atoms with Gasteiger partial charge >= 0.3 is 0 Å². The second-order valence-corrected chi connectivity index (χ2v) is 4.72. The lowest BCUT2D eigenvalue weighted by Crippen LogP contribution is -2.42. The fourth-order valence-corrected chi connectivity index (χ4v) is 2.86. The van der Waals surface area contributed by atoms with E-state index in [1.807, 2.05) is 6.92 Å². The van der Waals surface area contributed by atoms with Crippen molar-refractivity contribution in [1.29, 1.82) is 0 Å². The Morgan fingerprint density at radius 2 is 2.20 bits per heavy atom. The average Bonchev–Trinajstić information content (AvgIpc) is 2.79. The Morgan fingerprint density at radius 1 is 1.47 bits per heavy atom. The van der Waals surface area contributed by atoms with E-state index in [4.69, 9.17) is 10.9 Å².